The van der Waals surface area contributed by atoms with Crippen molar-refractivity contribution in [2.45, 2.75) is 25.2 Å². The third-order valence-corrected chi connectivity index (χ3v) is 4.63. The van der Waals surface area contributed by atoms with E-state index in [1.54, 1.807) is 18.2 Å². The second kappa shape index (κ2) is 7.24. The standard InChI is InChI=1S/C13H20N4O2S/c1-11(2)10-17(9-5-8-14)20(18,19)13-7-4-3-6-12(13)16-15/h3-4,6-7,11,16H,5,9-10,15H2,1-2H3. The van der Waals surface area contributed by atoms with Crippen LogP contribution in [-0.2, 0) is 10.0 Å². The van der Waals surface area contributed by atoms with Crippen LogP contribution in [0.2, 0.25) is 0 Å². The van der Waals surface area contributed by atoms with Crippen molar-refractivity contribution >= 4 is 15.7 Å². The van der Waals surface area contributed by atoms with Crippen molar-refractivity contribution in [2.24, 2.45) is 11.8 Å². The molecule has 0 aliphatic carbocycles. The zero-order valence-electron chi connectivity index (χ0n) is 11.7. The average Bonchev–Trinajstić information content (AvgIpc) is 2.42. The highest BCUT2D eigenvalue weighted by Gasteiger charge is 2.26. The van der Waals surface area contributed by atoms with Crippen LogP contribution in [0.15, 0.2) is 29.2 Å². The molecule has 0 aromatic heterocycles. The molecule has 6 nitrogen and oxygen atoms in total. The summed E-state index contributed by atoms with van der Waals surface area (Å²) < 4.78 is 26.7. The number of para-hydroxylation sites is 1. The predicted molar refractivity (Wildman–Crippen MR) is 78.1 cm³/mol. The fourth-order valence-electron chi connectivity index (χ4n) is 1.84. The molecular formula is C13H20N4O2S. The molecule has 0 amide bonds. The van der Waals surface area contributed by atoms with Gasteiger partial charge in [-0.25, -0.2) is 8.42 Å². The highest BCUT2D eigenvalue weighted by Crippen LogP contribution is 2.24. The maximum atomic E-state index is 12.7. The van der Waals surface area contributed by atoms with Gasteiger partial charge in [0.1, 0.15) is 4.90 Å². The minimum atomic E-state index is -3.67. The van der Waals surface area contributed by atoms with E-state index in [9.17, 15) is 8.42 Å². The number of hydrogen-bond donors (Lipinski definition) is 2. The van der Waals surface area contributed by atoms with Crippen molar-refractivity contribution < 1.29 is 8.42 Å². The first kappa shape index (κ1) is 16.4. The summed E-state index contributed by atoms with van der Waals surface area (Å²) in [5.41, 5.74) is 2.74. The van der Waals surface area contributed by atoms with Gasteiger partial charge < -0.3 is 5.43 Å². The molecule has 0 radical (unpaired) electrons. The van der Waals surface area contributed by atoms with Crippen molar-refractivity contribution in [3.8, 4) is 6.07 Å². The van der Waals surface area contributed by atoms with Crippen molar-refractivity contribution in [2.75, 3.05) is 18.5 Å². The molecule has 0 unspecified atom stereocenters. The molecule has 1 aromatic rings. The van der Waals surface area contributed by atoms with Gasteiger partial charge in [-0.05, 0) is 18.1 Å². The van der Waals surface area contributed by atoms with Crippen LogP contribution >= 0.6 is 0 Å². The Kier molecular flexibility index (Phi) is 5.95. The normalized spacial score (nSPS) is 11.6. The predicted octanol–water partition coefficient (Wildman–Crippen LogP) is 1.53. The van der Waals surface area contributed by atoms with Crippen molar-refractivity contribution in [1.29, 1.82) is 5.26 Å². The second-order valence-electron chi connectivity index (χ2n) is 4.81. The zero-order valence-corrected chi connectivity index (χ0v) is 12.5. The van der Waals surface area contributed by atoms with Crippen LogP contribution < -0.4 is 11.3 Å². The first-order valence-corrected chi connectivity index (χ1v) is 7.80. The summed E-state index contributed by atoms with van der Waals surface area (Å²) in [6.45, 7) is 4.41. The Hall–Kier alpha value is -1.62. The number of sulfonamides is 1. The maximum Gasteiger partial charge on any atom is 0.245 e. The van der Waals surface area contributed by atoms with Crippen LogP contribution in [0.5, 0.6) is 0 Å². The number of nitrogens with one attached hydrogen (secondary N) is 1. The lowest BCUT2D eigenvalue weighted by Crippen LogP contribution is -2.35. The molecule has 0 saturated heterocycles. The lowest BCUT2D eigenvalue weighted by Gasteiger charge is -2.24. The highest BCUT2D eigenvalue weighted by molar-refractivity contribution is 7.89. The van der Waals surface area contributed by atoms with Crippen LogP contribution in [0.4, 0.5) is 5.69 Å². The number of nitrogens with two attached hydrogens (primary N) is 1. The second-order valence-corrected chi connectivity index (χ2v) is 6.71. The Labute approximate surface area is 120 Å². The number of benzene rings is 1. The molecule has 1 aromatic carbocycles. The number of nitrogen functional groups attached to an aromatic ring is 1. The number of hydrogen-bond acceptors (Lipinski definition) is 5. The summed E-state index contributed by atoms with van der Waals surface area (Å²) in [7, 11) is -3.67. The molecule has 0 atom stereocenters. The van der Waals surface area contributed by atoms with Gasteiger partial charge in [-0.2, -0.15) is 9.57 Å². The quantitative estimate of drug-likeness (QED) is 0.587. The van der Waals surface area contributed by atoms with Crippen molar-refractivity contribution in [3.05, 3.63) is 24.3 Å². The third kappa shape index (κ3) is 3.93. The molecule has 1 rings (SSSR count). The number of rotatable bonds is 7. The molecular weight excluding hydrogens is 276 g/mol. The monoisotopic (exact) mass is 296 g/mol. The summed E-state index contributed by atoms with van der Waals surface area (Å²) in [4.78, 5) is 0.126. The average molecular weight is 296 g/mol. The molecule has 0 heterocycles. The van der Waals surface area contributed by atoms with Crippen molar-refractivity contribution in [3.63, 3.8) is 0 Å². The summed E-state index contributed by atoms with van der Waals surface area (Å²) in [6, 6.07) is 8.43. The molecule has 0 saturated carbocycles. The van der Waals surface area contributed by atoms with Crippen LogP contribution in [0.3, 0.4) is 0 Å². The van der Waals surface area contributed by atoms with E-state index in [0.29, 0.717) is 12.2 Å². The minimum Gasteiger partial charge on any atom is -0.323 e. The fourth-order valence-corrected chi connectivity index (χ4v) is 3.60. The van der Waals surface area contributed by atoms with E-state index >= 15 is 0 Å². The molecule has 0 aliphatic rings. The first-order valence-electron chi connectivity index (χ1n) is 6.36. The van der Waals surface area contributed by atoms with E-state index in [-0.39, 0.29) is 23.8 Å². The maximum absolute atomic E-state index is 12.7. The van der Waals surface area contributed by atoms with Gasteiger partial charge in [0, 0.05) is 19.5 Å². The van der Waals surface area contributed by atoms with Gasteiger partial charge in [0.2, 0.25) is 10.0 Å². The van der Waals surface area contributed by atoms with Crippen LogP contribution in [0, 0.1) is 17.2 Å². The number of hydrazine groups is 1. The lowest BCUT2D eigenvalue weighted by atomic mass is 10.2. The van der Waals surface area contributed by atoms with E-state index < -0.39 is 10.0 Å². The van der Waals surface area contributed by atoms with E-state index in [4.69, 9.17) is 11.1 Å². The van der Waals surface area contributed by atoms with Gasteiger partial charge in [-0.3, -0.25) is 5.84 Å². The Morgan fingerprint density at radius 2 is 2.05 bits per heavy atom. The minimum absolute atomic E-state index is 0.126. The van der Waals surface area contributed by atoms with Gasteiger partial charge in [0.25, 0.3) is 0 Å². The Balaban J connectivity index is 3.18. The van der Waals surface area contributed by atoms with Gasteiger partial charge in [-0.15, -0.1) is 0 Å². The van der Waals surface area contributed by atoms with E-state index in [1.807, 2.05) is 19.9 Å². The van der Waals surface area contributed by atoms with Gasteiger partial charge >= 0.3 is 0 Å². The molecule has 7 heteroatoms. The Morgan fingerprint density at radius 1 is 1.40 bits per heavy atom. The van der Waals surface area contributed by atoms with Crippen LogP contribution in [-0.4, -0.2) is 25.8 Å². The molecule has 0 spiro atoms. The smallest absolute Gasteiger partial charge is 0.245 e. The van der Waals surface area contributed by atoms with Crippen LogP contribution in [0.25, 0.3) is 0 Å². The van der Waals surface area contributed by atoms with E-state index in [0.717, 1.165) is 0 Å². The molecule has 0 aliphatic heterocycles. The van der Waals surface area contributed by atoms with E-state index in [1.165, 1.54) is 10.4 Å². The van der Waals surface area contributed by atoms with Gasteiger partial charge in [-0.1, -0.05) is 26.0 Å². The molecule has 0 bridgehead atoms. The lowest BCUT2D eigenvalue weighted by molar-refractivity contribution is 0.373. The Morgan fingerprint density at radius 3 is 2.60 bits per heavy atom. The largest absolute Gasteiger partial charge is 0.323 e. The number of nitrogens with zero attached hydrogens (tertiary/aromatic N) is 2. The van der Waals surface area contributed by atoms with Crippen molar-refractivity contribution in [1.82, 2.24) is 4.31 Å². The topological polar surface area (TPSA) is 99.2 Å². The summed E-state index contributed by atoms with van der Waals surface area (Å²) in [6.07, 6.45) is 0.157. The molecule has 3 N–H and O–H groups in total. The van der Waals surface area contributed by atoms with E-state index in [2.05, 4.69) is 5.43 Å². The van der Waals surface area contributed by atoms with Gasteiger partial charge in [0.05, 0.1) is 11.8 Å². The summed E-state index contributed by atoms with van der Waals surface area (Å²) in [5.74, 6) is 5.53. The first-order chi connectivity index (χ1) is 9.43. The summed E-state index contributed by atoms with van der Waals surface area (Å²) >= 11 is 0. The molecule has 0 fully saturated rings. The summed E-state index contributed by atoms with van der Waals surface area (Å²) in [5, 5.41) is 8.68. The number of anilines is 1. The molecule has 20 heavy (non-hydrogen) atoms. The number of nitriles is 1. The molecule has 110 valence electrons. The zero-order chi connectivity index (χ0) is 15.2. The highest BCUT2D eigenvalue weighted by atomic mass is 32.2. The Bertz CT molecular complexity index is 578. The fraction of sp³-hybridized carbons (Fsp3) is 0.462. The SMILES string of the molecule is CC(C)CN(CCC#N)S(=O)(=O)c1ccccc1NN. The van der Waals surface area contributed by atoms with Gasteiger partial charge in [0.15, 0.2) is 0 Å². The third-order valence-electron chi connectivity index (χ3n) is 2.70. The van der Waals surface area contributed by atoms with Crippen LogP contribution in [0.1, 0.15) is 20.3 Å².